The maximum atomic E-state index is 13.4. The van der Waals surface area contributed by atoms with Crippen molar-refractivity contribution in [1.82, 2.24) is 15.3 Å². The number of hydrogen-bond donors (Lipinski definition) is 2. The second-order valence-electron chi connectivity index (χ2n) is 5.58. The van der Waals surface area contributed by atoms with Gasteiger partial charge in [-0.1, -0.05) is 12.1 Å². The average molecular weight is 347 g/mol. The van der Waals surface area contributed by atoms with Crippen LogP contribution >= 0.6 is 0 Å². The van der Waals surface area contributed by atoms with E-state index in [1.165, 1.54) is 12.1 Å². The van der Waals surface area contributed by atoms with Crippen LogP contribution in [0.25, 0.3) is 0 Å². The smallest absolute Gasteiger partial charge is 0.258 e. The zero-order valence-corrected chi connectivity index (χ0v) is 14.5. The molecule has 0 aliphatic carbocycles. The van der Waals surface area contributed by atoms with Crippen LogP contribution in [0.15, 0.2) is 30.3 Å². The number of carbonyl (C=O) groups is 1. The van der Waals surface area contributed by atoms with E-state index in [0.29, 0.717) is 19.0 Å². The molecule has 1 aromatic carbocycles. The number of hydrogen-bond acceptors (Lipinski definition) is 6. The first-order valence-corrected chi connectivity index (χ1v) is 7.86. The average Bonchev–Trinajstić information content (AvgIpc) is 2.57. The molecule has 0 saturated carbocycles. The van der Waals surface area contributed by atoms with Crippen molar-refractivity contribution in [2.75, 3.05) is 44.0 Å². The monoisotopic (exact) mass is 347 g/mol. The zero-order chi connectivity index (χ0) is 18.2. The summed E-state index contributed by atoms with van der Waals surface area (Å²) in [5.41, 5.74) is 0.850. The number of carbonyl (C=O) groups excluding carboxylic acids is 1. The molecule has 0 atom stereocenters. The first kappa shape index (κ1) is 18.4. The van der Waals surface area contributed by atoms with Crippen molar-refractivity contribution in [3.05, 3.63) is 41.8 Å². The zero-order valence-electron chi connectivity index (χ0n) is 14.5. The van der Waals surface area contributed by atoms with Gasteiger partial charge in [0.2, 0.25) is 5.95 Å². The third kappa shape index (κ3) is 5.91. The molecule has 0 fully saturated rings. The molecule has 0 radical (unpaired) electrons. The number of rotatable bonds is 8. The van der Waals surface area contributed by atoms with Crippen LogP contribution in [0.1, 0.15) is 5.69 Å². The maximum absolute atomic E-state index is 13.4. The minimum atomic E-state index is -0.495. The van der Waals surface area contributed by atoms with Gasteiger partial charge < -0.3 is 20.3 Å². The van der Waals surface area contributed by atoms with E-state index in [9.17, 15) is 9.18 Å². The maximum Gasteiger partial charge on any atom is 0.258 e. The lowest BCUT2D eigenvalue weighted by Gasteiger charge is -2.14. The normalized spacial score (nSPS) is 10.2. The van der Waals surface area contributed by atoms with Crippen LogP contribution in [0.2, 0.25) is 0 Å². The van der Waals surface area contributed by atoms with Crippen molar-refractivity contribution in [3.8, 4) is 5.75 Å². The molecule has 2 N–H and O–H groups in total. The summed E-state index contributed by atoms with van der Waals surface area (Å²) in [6.45, 7) is 2.48. The molecule has 0 aliphatic heterocycles. The van der Waals surface area contributed by atoms with Crippen molar-refractivity contribution in [2.45, 2.75) is 6.92 Å². The summed E-state index contributed by atoms with van der Waals surface area (Å²) in [5, 5.41) is 5.73. The molecule has 1 heterocycles. The third-order valence-corrected chi connectivity index (χ3v) is 3.22. The predicted molar refractivity (Wildman–Crippen MR) is 94.5 cm³/mol. The summed E-state index contributed by atoms with van der Waals surface area (Å²) in [5.74, 6) is 0.535. The molecular weight excluding hydrogens is 325 g/mol. The highest BCUT2D eigenvalue weighted by Gasteiger charge is 2.06. The number of aryl methyl sites for hydroxylation is 1. The van der Waals surface area contributed by atoms with E-state index in [-0.39, 0.29) is 18.3 Å². The van der Waals surface area contributed by atoms with Crippen LogP contribution in [0.3, 0.4) is 0 Å². The SMILES string of the molecule is Cc1cc(N(C)C)nc(NCCNC(=O)COc2ccccc2F)n1. The quantitative estimate of drug-likeness (QED) is 0.706. The number of halogens is 1. The molecule has 2 rings (SSSR count). The third-order valence-electron chi connectivity index (χ3n) is 3.22. The Morgan fingerprint density at radius 2 is 2.00 bits per heavy atom. The predicted octanol–water partition coefficient (Wildman–Crippen LogP) is 1.60. The van der Waals surface area contributed by atoms with E-state index in [4.69, 9.17) is 4.74 Å². The lowest BCUT2D eigenvalue weighted by atomic mass is 10.3. The molecular formula is C17H22FN5O2. The fraction of sp³-hybridized carbons (Fsp3) is 0.353. The van der Waals surface area contributed by atoms with Gasteiger partial charge in [-0.2, -0.15) is 4.98 Å². The van der Waals surface area contributed by atoms with Gasteiger partial charge in [0, 0.05) is 38.9 Å². The van der Waals surface area contributed by atoms with Crippen molar-refractivity contribution in [3.63, 3.8) is 0 Å². The van der Waals surface area contributed by atoms with Gasteiger partial charge in [-0.25, -0.2) is 9.37 Å². The van der Waals surface area contributed by atoms with E-state index in [1.807, 2.05) is 32.0 Å². The Kier molecular flexibility index (Phi) is 6.50. The Morgan fingerprint density at radius 3 is 2.72 bits per heavy atom. The lowest BCUT2D eigenvalue weighted by Crippen LogP contribution is -2.33. The summed E-state index contributed by atoms with van der Waals surface area (Å²) >= 11 is 0. The minimum Gasteiger partial charge on any atom is -0.481 e. The van der Waals surface area contributed by atoms with Gasteiger partial charge in [0.1, 0.15) is 5.82 Å². The molecule has 7 nitrogen and oxygen atoms in total. The number of amides is 1. The molecule has 0 bridgehead atoms. The second kappa shape index (κ2) is 8.81. The molecule has 0 spiro atoms. The largest absolute Gasteiger partial charge is 0.481 e. The van der Waals surface area contributed by atoms with Gasteiger partial charge in [0.15, 0.2) is 18.2 Å². The van der Waals surface area contributed by atoms with Crippen LogP contribution in [-0.2, 0) is 4.79 Å². The first-order valence-electron chi connectivity index (χ1n) is 7.86. The Morgan fingerprint density at radius 1 is 1.24 bits per heavy atom. The summed E-state index contributed by atoms with van der Waals surface area (Å²) in [7, 11) is 3.81. The van der Waals surface area contributed by atoms with E-state index >= 15 is 0 Å². The Labute approximate surface area is 146 Å². The fourth-order valence-electron chi connectivity index (χ4n) is 1.99. The highest BCUT2D eigenvalue weighted by atomic mass is 19.1. The standard InChI is InChI=1S/C17H22FN5O2/c1-12-10-15(23(2)3)22-17(21-12)20-9-8-19-16(24)11-25-14-7-5-4-6-13(14)18/h4-7,10H,8-9,11H2,1-3H3,(H,19,24)(H,20,21,22). The molecule has 0 unspecified atom stereocenters. The van der Waals surface area contributed by atoms with E-state index < -0.39 is 5.82 Å². The number of ether oxygens (including phenoxy) is 1. The van der Waals surface area contributed by atoms with Crippen molar-refractivity contribution >= 4 is 17.7 Å². The van der Waals surface area contributed by atoms with Gasteiger partial charge in [0.25, 0.3) is 5.91 Å². The number of aromatic nitrogens is 2. The summed E-state index contributed by atoms with van der Waals surface area (Å²) in [6, 6.07) is 7.84. The van der Waals surface area contributed by atoms with Crippen molar-refractivity contribution in [1.29, 1.82) is 0 Å². The van der Waals surface area contributed by atoms with Crippen molar-refractivity contribution < 1.29 is 13.9 Å². The highest BCUT2D eigenvalue weighted by Crippen LogP contribution is 2.15. The van der Waals surface area contributed by atoms with Gasteiger partial charge in [-0.15, -0.1) is 0 Å². The molecule has 25 heavy (non-hydrogen) atoms. The number of nitrogens with one attached hydrogen (secondary N) is 2. The van der Waals surface area contributed by atoms with Gasteiger partial charge in [-0.05, 0) is 19.1 Å². The van der Waals surface area contributed by atoms with Crippen molar-refractivity contribution in [2.24, 2.45) is 0 Å². The van der Waals surface area contributed by atoms with Crippen LogP contribution in [-0.4, -0.2) is 49.7 Å². The van der Waals surface area contributed by atoms with E-state index in [2.05, 4.69) is 20.6 Å². The minimum absolute atomic E-state index is 0.0557. The number of anilines is 2. The number of nitrogens with zero attached hydrogens (tertiary/aromatic N) is 3. The molecule has 2 aromatic rings. The molecule has 0 saturated heterocycles. The molecule has 0 aliphatic rings. The molecule has 1 aromatic heterocycles. The number of para-hydroxylation sites is 1. The summed E-state index contributed by atoms with van der Waals surface area (Å²) in [4.78, 5) is 22.3. The molecule has 1 amide bonds. The lowest BCUT2D eigenvalue weighted by molar-refractivity contribution is -0.123. The topological polar surface area (TPSA) is 79.4 Å². The van der Waals surface area contributed by atoms with Crippen LogP contribution in [0.4, 0.5) is 16.2 Å². The van der Waals surface area contributed by atoms with Crippen LogP contribution in [0, 0.1) is 12.7 Å². The summed E-state index contributed by atoms with van der Waals surface area (Å²) in [6.07, 6.45) is 0. The fourth-order valence-corrected chi connectivity index (χ4v) is 1.99. The Balaban J connectivity index is 1.72. The van der Waals surface area contributed by atoms with Crippen LogP contribution < -0.4 is 20.3 Å². The molecule has 8 heteroatoms. The van der Waals surface area contributed by atoms with E-state index in [0.717, 1.165) is 11.5 Å². The number of benzene rings is 1. The second-order valence-corrected chi connectivity index (χ2v) is 5.58. The van der Waals surface area contributed by atoms with E-state index in [1.54, 1.807) is 12.1 Å². The highest BCUT2D eigenvalue weighted by molar-refractivity contribution is 5.77. The first-order chi connectivity index (χ1) is 12.0. The van der Waals surface area contributed by atoms with Crippen LogP contribution in [0.5, 0.6) is 5.75 Å². The Bertz CT molecular complexity index is 724. The van der Waals surface area contributed by atoms with Gasteiger partial charge in [0.05, 0.1) is 0 Å². The summed E-state index contributed by atoms with van der Waals surface area (Å²) < 4.78 is 18.5. The molecule has 134 valence electrons. The van der Waals surface area contributed by atoms with Gasteiger partial charge in [-0.3, -0.25) is 4.79 Å². The van der Waals surface area contributed by atoms with Gasteiger partial charge >= 0.3 is 0 Å². The Hall–Kier alpha value is -2.90.